The normalized spacial score (nSPS) is 10.9. The third-order valence-corrected chi connectivity index (χ3v) is 5.69. The Morgan fingerprint density at radius 2 is 1.69 bits per heavy atom. The minimum Gasteiger partial charge on any atom is -0.481 e. The van der Waals surface area contributed by atoms with Crippen molar-refractivity contribution in [3.05, 3.63) is 102 Å². The number of carbonyl (C=O) groups is 2. The molecule has 3 aromatic heterocycles. The molecule has 0 unspecified atom stereocenters. The molecule has 0 aliphatic carbocycles. The van der Waals surface area contributed by atoms with E-state index in [2.05, 4.69) is 15.3 Å². The molecule has 0 bridgehead atoms. The van der Waals surface area contributed by atoms with Gasteiger partial charge in [0.1, 0.15) is 11.3 Å². The van der Waals surface area contributed by atoms with Crippen LogP contribution in [0.15, 0.2) is 85.2 Å². The second kappa shape index (κ2) is 9.67. The zero-order valence-electron chi connectivity index (χ0n) is 19.1. The average molecular weight is 479 g/mol. The Labute approximate surface area is 206 Å². The van der Waals surface area contributed by atoms with Gasteiger partial charge in [0.2, 0.25) is 0 Å². The third kappa shape index (κ3) is 4.62. The summed E-state index contributed by atoms with van der Waals surface area (Å²) < 4.78 is 1.93. The number of nitrogens with zero attached hydrogens (tertiary/aromatic N) is 4. The fraction of sp³-hybridized carbons (Fsp3) is 0.0741. The molecule has 0 fully saturated rings. The maximum atomic E-state index is 12.6. The molecule has 0 atom stereocenters. The van der Waals surface area contributed by atoms with Gasteiger partial charge in [-0.05, 0) is 59.7 Å². The van der Waals surface area contributed by atoms with Crippen LogP contribution in [0.5, 0.6) is 0 Å². The van der Waals surface area contributed by atoms with Gasteiger partial charge in [0, 0.05) is 30.2 Å². The van der Waals surface area contributed by atoms with Gasteiger partial charge < -0.3 is 16.2 Å². The highest BCUT2D eigenvalue weighted by molar-refractivity contribution is 5.94. The van der Waals surface area contributed by atoms with Crippen molar-refractivity contribution in [3.8, 4) is 17.1 Å². The Balaban J connectivity index is 1.39. The van der Waals surface area contributed by atoms with Gasteiger partial charge in [-0.2, -0.15) is 0 Å². The highest BCUT2D eigenvalue weighted by atomic mass is 16.4. The number of imidazole rings is 1. The molecule has 2 aromatic carbocycles. The largest absolute Gasteiger partial charge is 0.481 e. The van der Waals surface area contributed by atoms with Gasteiger partial charge in [-0.1, -0.05) is 24.3 Å². The lowest BCUT2D eigenvalue weighted by atomic mass is 10.1. The fourth-order valence-electron chi connectivity index (χ4n) is 3.99. The number of nitrogens with one attached hydrogen (secondary N) is 1. The van der Waals surface area contributed by atoms with E-state index in [1.54, 1.807) is 36.7 Å². The van der Waals surface area contributed by atoms with Gasteiger partial charge in [0.15, 0.2) is 11.5 Å². The van der Waals surface area contributed by atoms with Gasteiger partial charge in [-0.25, -0.2) is 15.0 Å². The van der Waals surface area contributed by atoms with E-state index in [0.717, 1.165) is 16.8 Å². The molecule has 0 aliphatic heterocycles. The molecule has 5 rings (SSSR count). The summed E-state index contributed by atoms with van der Waals surface area (Å²) in [5.41, 5.74) is 11.0. The lowest BCUT2D eigenvalue weighted by molar-refractivity contribution is -0.136. The van der Waals surface area contributed by atoms with E-state index in [4.69, 9.17) is 15.8 Å². The zero-order chi connectivity index (χ0) is 25.1. The summed E-state index contributed by atoms with van der Waals surface area (Å²) in [6, 6.07) is 21.7. The van der Waals surface area contributed by atoms with Crippen LogP contribution >= 0.6 is 0 Å². The number of carboxylic acid groups (broad SMARTS) is 1. The maximum absolute atomic E-state index is 12.6. The first-order chi connectivity index (χ1) is 17.5. The van der Waals surface area contributed by atoms with Gasteiger partial charge in [-0.15, -0.1) is 0 Å². The van der Waals surface area contributed by atoms with Crippen LogP contribution in [0.4, 0.5) is 5.82 Å². The van der Waals surface area contributed by atoms with Gasteiger partial charge >= 0.3 is 5.97 Å². The summed E-state index contributed by atoms with van der Waals surface area (Å²) in [7, 11) is 0. The molecule has 0 spiro atoms. The smallest absolute Gasteiger partial charge is 0.307 e. The molecule has 5 aromatic rings. The standard InChI is InChI=1S/C27H22N6O3/c28-24-21(6-2-12-29-24)25-32-22-7-3-13-30-26(22)33(25)20-10-8-17(9-11-20)16-31-27(36)19-5-1-4-18(14-19)15-23(34)35/h1-14H,15-16H2,(H2,28,29)(H,31,36)(H,34,35). The van der Waals surface area contributed by atoms with Crippen LogP contribution in [-0.2, 0) is 17.8 Å². The van der Waals surface area contributed by atoms with Gasteiger partial charge in [0.25, 0.3) is 5.91 Å². The second-order valence-corrected chi connectivity index (χ2v) is 8.17. The van der Waals surface area contributed by atoms with Crippen LogP contribution in [0.2, 0.25) is 0 Å². The summed E-state index contributed by atoms with van der Waals surface area (Å²) in [6.45, 7) is 0.313. The minimum atomic E-state index is -0.942. The number of hydrogen-bond acceptors (Lipinski definition) is 6. The second-order valence-electron chi connectivity index (χ2n) is 8.17. The number of pyridine rings is 2. The molecule has 0 saturated heterocycles. The Bertz CT molecular complexity index is 1580. The summed E-state index contributed by atoms with van der Waals surface area (Å²) >= 11 is 0. The van der Waals surface area contributed by atoms with Crippen molar-refractivity contribution in [1.29, 1.82) is 0 Å². The highest BCUT2D eigenvalue weighted by Gasteiger charge is 2.17. The van der Waals surface area contributed by atoms with Crippen molar-refractivity contribution in [3.63, 3.8) is 0 Å². The Morgan fingerprint density at radius 3 is 2.47 bits per heavy atom. The fourth-order valence-corrected chi connectivity index (χ4v) is 3.99. The third-order valence-electron chi connectivity index (χ3n) is 5.69. The summed E-state index contributed by atoms with van der Waals surface area (Å²) in [5.74, 6) is -0.203. The molecule has 9 heteroatoms. The van der Waals surface area contributed by atoms with Crippen molar-refractivity contribution < 1.29 is 14.7 Å². The first-order valence-electron chi connectivity index (χ1n) is 11.2. The number of aliphatic carboxylic acids is 1. The number of rotatable bonds is 7. The SMILES string of the molecule is Nc1ncccc1-c1nc2cccnc2n1-c1ccc(CNC(=O)c2cccc(CC(=O)O)c2)cc1. The molecule has 36 heavy (non-hydrogen) atoms. The molecular weight excluding hydrogens is 456 g/mol. The summed E-state index contributed by atoms with van der Waals surface area (Å²) in [6.07, 6.45) is 3.22. The number of hydrogen-bond donors (Lipinski definition) is 3. The number of aromatic nitrogens is 4. The van der Waals surface area contributed by atoms with Gasteiger partial charge in [0.05, 0.1) is 12.0 Å². The van der Waals surface area contributed by atoms with Crippen molar-refractivity contribution in [2.75, 3.05) is 5.73 Å². The molecule has 9 nitrogen and oxygen atoms in total. The zero-order valence-corrected chi connectivity index (χ0v) is 19.1. The predicted octanol–water partition coefficient (Wildman–Crippen LogP) is 3.62. The first kappa shape index (κ1) is 22.7. The lowest BCUT2D eigenvalue weighted by Crippen LogP contribution is -2.23. The molecule has 3 heterocycles. The number of carbonyl (C=O) groups excluding carboxylic acids is 1. The lowest BCUT2D eigenvalue weighted by Gasteiger charge is -2.11. The van der Waals surface area contributed by atoms with E-state index >= 15 is 0 Å². The van der Waals surface area contributed by atoms with Crippen molar-refractivity contribution in [2.24, 2.45) is 0 Å². The molecule has 4 N–H and O–H groups in total. The number of carboxylic acids is 1. The average Bonchev–Trinajstić information content (AvgIpc) is 3.27. The Hall–Kier alpha value is -5.05. The molecule has 0 aliphatic rings. The first-order valence-corrected chi connectivity index (χ1v) is 11.2. The molecule has 1 amide bonds. The monoisotopic (exact) mass is 478 g/mol. The van der Waals surface area contributed by atoms with E-state index < -0.39 is 5.97 Å². The van der Waals surface area contributed by atoms with E-state index in [9.17, 15) is 9.59 Å². The van der Waals surface area contributed by atoms with Crippen molar-refractivity contribution >= 4 is 28.9 Å². The summed E-state index contributed by atoms with van der Waals surface area (Å²) in [5, 5.41) is 11.9. The van der Waals surface area contributed by atoms with E-state index in [-0.39, 0.29) is 12.3 Å². The number of anilines is 1. The Morgan fingerprint density at radius 1 is 0.917 bits per heavy atom. The highest BCUT2D eigenvalue weighted by Crippen LogP contribution is 2.30. The number of nitrogen functional groups attached to an aromatic ring is 1. The number of nitrogens with two attached hydrogens (primary N) is 1. The van der Waals surface area contributed by atoms with Crippen LogP contribution in [0.25, 0.3) is 28.2 Å². The quantitative estimate of drug-likeness (QED) is 0.325. The maximum Gasteiger partial charge on any atom is 0.307 e. The van der Waals surface area contributed by atoms with E-state index in [0.29, 0.717) is 40.5 Å². The van der Waals surface area contributed by atoms with Crippen LogP contribution < -0.4 is 11.1 Å². The van der Waals surface area contributed by atoms with Crippen LogP contribution in [0, 0.1) is 0 Å². The summed E-state index contributed by atoms with van der Waals surface area (Å²) in [4.78, 5) is 37.0. The molecule has 0 saturated carbocycles. The predicted molar refractivity (Wildman–Crippen MR) is 135 cm³/mol. The molecule has 178 valence electrons. The molecule has 0 radical (unpaired) electrons. The van der Waals surface area contributed by atoms with E-state index in [1.165, 1.54) is 0 Å². The van der Waals surface area contributed by atoms with E-state index in [1.807, 2.05) is 53.1 Å². The number of benzene rings is 2. The topological polar surface area (TPSA) is 136 Å². The Kier molecular flexibility index (Phi) is 6.10. The number of amides is 1. The van der Waals surface area contributed by atoms with Crippen LogP contribution in [-0.4, -0.2) is 36.5 Å². The van der Waals surface area contributed by atoms with Crippen LogP contribution in [0.1, 0.15) is 21.5 Å². The van der Waals surface area contributed by atoms with Crippen molar-refractivity contribution in [1.82, 2.24) is 24.8 Å². The number of fused-ring (bicyclic) bond motifs is 1. The molecular formula is C27H22N6O3. The minimum absolute atomic E-state index is 0.132. The van der Waals surface area contributed by atoms with Gasteiger partial charge in [-0.3, -0.25) is 14.2 Å². The van der Waals surface area contributed by atoms with Crippen molar-refractivity contribution in [2.45, 2.75) is 13.0 Å². The van der Waals surface area contributed by atoms with Crippen LogP contribution in [0.3, 0.4) is 0 Å².